The molecular weight excluding hydrogens is 404 g/mol. The first kappa shape index (κ1) is 21.8. The van der Waals surface area contributed by atoms with Gasteiger partial charge >= 0.3 is 5.97 Å². The second-order valence-corrected chi connectivity index (χ2v) is 8.91. The zero-order valence-electron chi connectivity index (χ0n) is 15.9. The van der Waals surface area contributed by atoms with E-state index < -0.39 is 15.8 Å². The van der Waals surface area contributed by atoms with Crippen LogP contribution in [0.5, 0.6) is 5.75 Å². The number of nitrogens with one attached hydrogen (secondary N) is 1. The number of esters is 1. The molecule has 8 nitrogen and oxygen atoms in total. The highest BCUT2D eigenvalue weighted by Crippen LogP contribution is 2.24. The number of sulfone groups is 1. The molecule has 152 valence electrons. The lowest BCUT2D eigenvalue weighted by atomic mass is 10.3. The number of benzene rings is 1. The van der Waals surface area contributed by atoms with Crippen molar-refractivity contribution in [2.45, 2.75) is 31.6 Å². The van der Waals surface area contributed by atoms with Crippen LogP contribution in [0.15, 0.2) is 29.2 Å². The molecule has 28 heavy (non-hydrogen) atoms. The number of hydrogen-bond acceptors (Lipinski definition) is 8. The Morgan fingerprint density at radius 3 is 2.50 bits per heavy atom. The van der Waals surface area contributed by atoms with Crippen LogP contribution >= 0.6 is 11.3 Å². The lowest BCUT2D eigenvalue weighted by Crippen LogP contribution is -2.14. The van der Waals surface area contributed by atoms with E-state index >= 15 is 0 Å². The first-order valence-corrected chi connectivity index (χ1v) is 11.0. The van der Waals surface area contributed by atoms with E-state index in [1.54, 1.807) is 26.0 Å². The number of rotatable bonds is 9. The molecule has 2 rings (SSSR count). The number of aromatic nitrogens is 1. The summed E-state index contributed by atoms with van der Waals surface area (Å²) in [5, 5.41) is 2.87. The fourth-order valence-corrected chi connectivity index (χ4v) is 4.53. The molecule has 1 aromatic heterocycles. The van der Waals surface area contributed by atoms with Crippen LogP contribution in [0.1, 0.15) is 35.1 Å². The summed E-state index contributed by atoms with van der Waals surface area (Å²) in [5.74, 6) is -0.436. The van der Waals surface area contributed by atoms with Crippen LogP contribution in [0.2, 0.25) is 0 Å². The minimum absolute atomic E-state index is 0.0166. The first-order valence-electron chi connectivity index (χ1n) is 8.58. The Labute approximate surface area is 167 Å². The normalized spacial score (nSPS) is 11.1. The largest absolute Gasteiger partial charge is 0.497 e. The maximum Gasteiger partial charge on any atom is 0.350 e. The van der Waals surface area contributed by atoms with E-state index in [0.717, 1.165) is 11.3 Å². The molecule has 1 amide bonds. The lowest BCUT2D eigenvalue weighted by molar-refractivity contribution is -0.116. The van der Waals surface area contributed by atoms with E-state index in [9.17, 15) is 18.0 Å². The van der Waals surface area contributed by atoms with E-state index in [1.165, 1.54) is 19.2 Å². The van der Waals surface area contributed by atoms with E-state index in [1.807, 2.05) is 0 Å². The van der Waals surface area contributed by atoms with Crippen LogP contribution in [0.3, 0.4) is 0 Å². The number of carbonyl (C=O) groups is 2. The van der Waals surface area contributed by atoms with Gasteiger partial charge in [-0.3, -0.25) is 4.79 Å². The molecule has 0 saturated carbocycles. The molecule has 10 heteroatoms. The summed E-state index contributed by atoms with van der Waals surface area (Å²) >= 11 is 1.03. The van der Waals surface area contributed by atoms with Crippen molar-refractivity contribution in [3.8, 4) is 5.75 Å². The van der Waals surface area contributed by atoms with Gasteiger partial charge in [-0.05, 0) is 44.5 Å². The molecule has 0 spiro atoms. The van der Waals surface area contributed by atoms with Gasteiger partial charge in [0, 0.05) is 6.42 Å². The van der Waals surface area contributed by atoms with Crippen molar-refractivity contribution >= 4 is 38.2 Å². The topological polar surface area (TPSA) is 112 Å². The van der Waals surface area contributed by atoms with Crippen molar-refractivity contribution in [3.05, 3.63) is 34.8 Å². The van der Waals surface area contributed by atoms with Gasteiger partial charge in [-0.2, -0.15) is 0 Å². The molecule has 0 radical (unpaired) electrons. The van der Waals surface area contributed by atoms with Crippen LogP contribution in [-0.4, -0.2) is 44.7 Å². The molecule has 0 fully saturated rings. The summed E-state index contributed by atoms with van der Waals surface area (Å²) in [4.78, 5) is 28.5. The predicted molar refractivity (Wildman–Crippen MR) is 106 cm³/mol. The standard InChI is InChI=1S/C18H22N2O6S2/c1-4-26-17(22)16-12(2)19-18(27-16)20-15(21)6-5-11-28(23,24)14-9-7-13(25-3)8-10-14/h7-10H,4-6,11H2,1-3H3,(H,19,20,21). The summed E-state index contributed by atoms with van der Waals surface area (Å²) in [6.07, 6.45) is 0.179. The summed E-state index contributed by atoms with van der Waals surface area (Å²) in [7, 11) is -1.98. The zero-order chi connectivity index (χ0) is 20.7. The minimum Gasteiger partial charge on any atom is -0.497 e. The number of aryl methyl sites for hydroxylation is 1. The SMILES string of the molecule is CCOC(=O)c1sc(NC(=O)CCCS(=O)(=O)c2ccc(OC)cc2)nc1C. The van der Waals surface area contributed by atoms with E-state index in [-0.39, 0.29) is 41.1 Å². The number of amides is 1. The quantitative estimate of drug-likeness (QED) is 0.614. The third-order valence-corrected chi connectivity index (χ3v) is 6.61. The van der Waals surface area contributed by atoms with Crippen molar-refractivity contribution in [2.24, 2.45) is 0 Å². The molecule has 2 aromatic rings. The fraction of sp³-hybridized carbons (Fsp3) is 0.389. The molecule has 0 saturated heterocycles. The highest BCUT2D eigenvalue weighted by Gasteiger charge is 2.18. The van der Waals surface area contributed by atoms with Gasteiger partial charge in [0.2, 0.25) is 5.91 Å². The molecule has 1 heterocycles. The second kappa shape index (κ2) is 9.65. The van der Waals surface area contributed by atoms with Gasteiger partial charge in [0.15, 0.2) is 15.0 Å². The van der Waals surface area contributed by atoms with Gasteiger partial charge in [0.1, 0.15) is 10.6 Å². The molecule has 0 aliphatic heterocycles. The van der Waals surface area contributed by atoms with Crippen molar-refractivity contribution < 1.29 is 27.5 Å². The summed E-state index contributed by atoms with van der Waals surface area (Å²) in [6.45, 7) is 3.61. The van der Waals surface area contributed by atoms with Gasteiger partial charge in [-0.25, -0.2) is 18.2 Å². The number of anilines is 1. The number of nitrogens with zero attached hydrogens (tertiary/aromatic N) is 1. The monoisotopic (exact) mass is 426 g/mol. The number of thiazole rings is 1. The molecule has 0 atom stereocenters. The molecule has 0 unspecified atom stereocenters. The first-order chi connectivity index (χ1) is 13.3. The van der Waals surface area contributed by atoms with Crippen molar-refractivity contribution in [2.75, 3.05) is 24.8 Å². The molecule has 0 aliphatic rings. The Hall–Kier alpha value is -2.46. The highest BCUT2D eigenvalue weighted by molar-refractivity contribution is 7.91. The molecular formula is C18H22N2O6S2. The Morgan fingerprint density at radius 2 is 1.89 bits per heavy atom. The van der Waals surface area contributed by atoms with Crippen LogP contribution in [0.4, 0.5) is 5.13 Å². The molecule has 1 N–H and O–H groups in total. The summed E-state index contributed by atoms with van der Waals surface area (Å²) < 4.78 is 34.6. The maximum absolute atomic E-state index is 12.3. The maximum atomic E-state index is 12.3. The van der Waals surface area contributed by atoms with Crippen molar-refractivity contribution in [3.63, 3.8) is 0 Å². The van der Waals surface area contributed by atoms with Crippen LogP contribution in [0, 0.1) is 6.92 Å². The Bertz CT molecular complexity index is 935. The number of hydrogen-bond donors (Lipinski definition) is 1. The number of methoxy groups -OCH3 is 1. The highest BCUT2D eigenvalue weighted by atomic mass is 32.2. The number of carbonyl (C=O) groups excluding carboxylic acids is 2. The van der Waals surface area contributed by atoms with Crippen LogP contribution in [-0.2, 0) is 19.4 Å². The van der Waals surface area contributed by atoms with Gasteiger partial charge in [0.25, 0.3) is 0 Å². The van der Waals surface area contributed by atoms with Crippen LogP contribution in [0.25, 0.3) is 0 Å². The smallest absolute Gasteiger partial charge is 0.350 e. The average Bonchev–Trinajstić information content (AvgIpc) is 3.02. The Kier molecular flexibility index (Phi) is 7.53. The van der Waals surface area contributed by atoms with Gasteiger partial charge in [0.05, 0.1) is 30.1 Å². The second-order valence-electron chi connectivity index (χ2n) is 5.80. The molecule has 0 bridgehead atoms. The fourth-order valence-electron chi connectivity index (χ4n) is 2.34. The van der Waals surface area contributed by atoms with Gasteiger partial charge in [-0.15, -0.1) is 0 Å². The van der Waals surface area contributed by atoms with Crippen LogP contribution < -0.4 is 10.1 Å². The lowest BCUT2D eigenvalue weighted by Gasteiger charge is -2.06. The van der Waals surface area contributed by atoms with Gasteiger partial charge < -0.3 is 14.8 Å². The molecule has 0 aliphatic carbocycles. The summed E-state index contributed by atoms with van der Waals surface area (Å²) in [5.41, 5.74) is 0.473. The zero-order valence-corrected chi connectivity index (χ0v) is 17.5. The molecule has 1 aromatic carbocycles. The summed E-state index contributed by atoms with van der Waals surface area (Å²) in [6, 6.07) is 6.10. The minimum atomic E-state index is -3.48. The van der Waals surface area contributed by atoms with E-state index in [4.69, 9.17) is 9.47 Å². The van der Waals surface area contributed by atoms with Crippen molar-refractivity contribution in [1.82, 2.24) is 4.98 Å². The predicted octanol–water partition coefficient (Wildman–Crippen LogP) is 2.83. The Morgan fingerprint density at radius 1 is 1.21 bits per heavy atom. The average molecular weight is 427 g/mol. The number of ether oxygens (including phenoxy) is 2. The van der Waals surface area contributed by atoms with E-state index in [2.05, 4.69) is 10.3 Å². The Balaban J connectivity index is 1.88. The van der Waals surface area contributed by atoms with Crippen molar-refractivity contribution in [1.29, 1.82) is 0 Å². The van der Waals surface area contributed by atoms with E-state index in [0.29, 0.717) is 16.3 Å². The van der Waals surface area contributed by atoms with Gasteiger partial charge in [-0.1, -0.05) is 11.3 Å². The third kappa shape index (κ3) is 5.77. The third-order valence-electron chi connectivity index (χ3n) is 3.74.